The zero-order valence-electron chi connectivity index (χ0n) is 14.2. The molecule has 1 N–H and O–H groups in total. The molecule has 0 atom stereocenters. The number of nitrogens with one attached hydrogen (secondary N) is 1. The number of halogens is 1. The highest BCUT2D eigenvalue weighted by molar-refractivity contribution is 9.10. The van der Waals surface area contributed by atoms with Gasteiger partial charge in [-0.2, -0.15) is 0 Å². The monoisotopic (exact) mass is 399 g/mol. The maximum Gasteiger partial charge on any atom is 0.0465 e. The third-order valence-electron chi connectivity index (χ3n) is 4.35. The predicted octanol–water partition coefficient (Wildman–Crippen LogP) is 7.44. The van der Waals surface area contributed by atoms with Gasteiger partial charge in [-0.3, -0.25) is 0 Å². The second-order valence-electron chi connectivity index (χ2n) is 6.09. The lowest BCUT2D eigenvalue weighted by atomic mass is 10.1. The van der Waals surface area contributed by atoms with Crippen molar-refractivity contribution in [2.75, 3.05) is 0 Å². The normalized spacial score (nSPS) is 10.5. The number of fused-ring (bicyclic) bond motifs is 3. The van der Waals surface area contributed by atoms with Crippen molar-refractivity contribution in [3.8, 4) is 11.1 Å². The molecule has 0 saturated carbocycles. The smallest absolute Gasteiger partial charge is 0.0465 e. The maximum absolute atomic E-state index is 3.49. The number of para-hydroxylation sites is 1. The van der Waals surface area contributed by atoms with Crippen molar-refractivity contribution in [1.29, 1.82) is 0 Å². The van der Waals surface area contributed by atoms with E-state index in [1.165, 1.54) is 32.9 Å². The molecule has 1 heterocycles. The molecule has 2 heteroatoms. The van der Waals surface area contributed by atoms with Crippen molar-refractivity contribution in [1.82, 2.24) is 4.98 Å². The zero-order chi connectivity index (χ0) is 17.8. The van der Waals surface area contributed by atoms with E-state index >= 15 is 0 Å². The molecule has 0 fully saturated rings. The minimum Gasteiger partial charge on any atom is -0.355 e. The van der Waals surface area contributed by atoms with Crippen LogP contribution in [0.25, 0.3) is 32.9 Å². The maximum atomic E-state index is 3.49. The third-order valence-corrected chi connectivity index (χ3v) is 4.84. The van der Waals surface area contributed by atoms with Gasteiger partial charge >= 0.3 is 0 Å². The van der Waals surface area contributed by atoms with Gasteiger partial charge in [0.15, 0.2) is 0 Å². The largest absolute Gasteiger partial charge is 0.355 e. The van der Waals surface area contributed by atoms with Gasteiger partial charge in [0.05, 0.1) is 0 Å². The van der Waals surface area contributed by atoms with Crippen molar-refractivity contribution in [2.24, 2.45) is 0 Å². The Balaban J connectivity index is 0.000000131. The van der Waals surface area contributed by atoms with Crippen LogP contribution in [0.5, 0.6) is 0 Å². The van der Waals surface area contributed by atoms with Crippen LogP contribution in [0.1, 0.15) is 0 Å². The molecule has 1 nitrogen and oxygen atoms in total. The van der Waals surface area contributed by atoms with Gasteiger partial charge < -0.3 is 4.98 Å². The van der Waals surface area contributed by atoms with Gasteiger partial charge in [-0.25, -0.2) is 0 Å². The van der Waals surface area contributed by atoms with Crippen molar-refractivity contribution in [3.63, 3.8) is 0 Å². The van der Waals surface area contributed by atoms with Crippen LogP contribution >= 0.6 is 15.9 Å². The van der Waals surface area contributed by atoms with E-state index in [0.29, 0.717) is 0 Å². The van der Waals surface area contributed by atoms with Gasteiger partial charge in [-0.1, -0.05) is 94.8 Å². The summed E-state index contributed by atoms with van der Waals surface area (Å²) in [5, 5.41) is 2.55. The van der Waals surface area contributed by atoms with Crippen LogP contribution in [0.2, 0.25) is 0 Å². The molecular weight excluding hydrogens is 382 g/mol. The van der Waals surface area contributed by atoms with Crippen LogP contribution in [0.15, 0.2) is 108 Å². The Bertz CT molecular complexity index is 1090. The molecule has 0 unspecified atom stereocenters. The molecule has 0 aliphatic carbocycles. The Morgan fingerprint density at radius 2 is 1.04 bits per heavy atom. The minimum absolute atomic E-state index is 1.12. The molecule has 5 aromatic rings. The SMILES string of the molecule is Brc1ccc2[nH]c3ccccc3c2c1.c1ccc(-c2ccccc2)cc1. The lowest BCUT2D eigenvalue weighted by Crippen LogP contribution is -1.73. The minimum atomic E-state index is 1.12. The highest BCUT2D eigenvalue weighted by Crippen LogP contribution is 2.27. The van der Waals surface area contributed by atoms with Crippen LogP contribution < -0.4 is 0 Å². The van der Waals surface area contributed by atoms with Crippen molar-refractivity contribution < 1.29 is 0 Å². The average molecular weight is 400 g/mol. The molecule has 126 valence electrons. The number of hydrogen-bond donors (Lipinski definition) is 1. The van der Waals surface area contributed by atoms with E-state index in [2.05, 4.69) is 106 Å². The summed E-state index contributed by atoms with van der Waals surface area (Å²) in [7, 11) is 0. The van der Waals surface area contributed by atoms with E-state index < -0.39 is 0 Å². The summed E-state index contributed by atoms with van der Waals surface area (Å²) in [4.78, 5) is 3.38. The summed E-state index contributed by atoms with van der Waals surface area (Å²) in [6.45, 7) is 0. The predicted molar refractivity (Wildman–Crippen MR) is 115 cm³/mol. The van der Waals surface area contributed by atoms with Crippen LogP contribution in [0.3, 0.4) is 0 Å². The molecule has 4 aromatic carbocycles. The van der Waals surface area contributed by atoms with Crippen LogP contribution in [0, 0.1) is 0 Å². The molecule has 0 aliphatic heterocycles. The second-order valence-corrected chi connectivity index (χ2v) is 7.01. The summed E-state index contributed by atoms with van der Waals surface area (Å²) >= 11 is 3.49. The Morgan fingerprint density at radius 3 is 1.69 bits per heavy atom. The average Bonchev–Trinajstić information content (AvgIpc) is 3.08. The summed E-state index contributed by atoms with van der Waals surface area (Å²) in [6.07, 6.45) is 0. The molecule has 0 saturated heterocycles. The first-order chi connectivity index (χ1) is 12.8. The highest BCUT2D eigenvalue weighted by atomic mass is 79.9. The van der Waals surface area contributed by atoms with Crippen LogP contribution in [-0.2, 0) is 0 Å². The van der Waals surface area contributed by atoms with E-state index in [0.717, 1.165) is 4.47 Å². The standard InChI is InChI=1S/C12H8BrN.C12H10/c13-8-5-6-12-10(7-8)9-3-1-2-4-11(9)14-12;1-3-7-11(8-4-1)12-9-5-2-6-10-12/h1-7,14H;1-10H. The lowest BCUT2D eigenvalue weighted by Gasteiger charge is -1.98. The summed E-state index contributed by atoms with van der Waals surface area (Å²) in [6, 6.07) is 35.4. The van der Waals surface area contributed by atoms with E-state index in [4.69, 9.17) is 0 Å². The highest BCUT2D eigenvalue weighted by Gasteiger charge is 2.02. The van der Waals surface area contributed by atoms with Gasteiger partial charge in [0, 0.05) is 26.3 Å². The van der Waals surface area contributed by atoms with Gasteiger partial charge in [0.1, 0.15) is 0 Å². The van der Waals surface area contributed by atoms with E-state index in [9.17, 15) is 0 Å². The Labute approximate surface area is 161 Å². The number of aromatic nitrogens is 1. The number of hydrogen-bond acceptors (Lipinski definition) is 0. The first-order valence-corrected chi connectivity index (χ1v) is 9.37. The fourth-order valence-corrected chi connectivity index (χ4v) is 3.44. The third kappa shape index (κ3) is 3.56. The van der Waals surface area contributed by atoms with Gasteiger partial charge in [-0.15, -0.1) is 0 Å². The molecule has 0 amide bonds. The molecule has 26 heavy (non-hydrogen) atoms. The van der Waals surface area contributed by atoms with Gasteiger partial charge in [-0.05, 0) is 35.4 Å². The van der Waals surface area contributed by atoms with Crippen molar-refractivity contribution >= 4 is 37.7 Å². The summed E-state index contributed by atoms with van der Waals surface area (Å²) in [5.41, 5.74) is 4.94. The van der Waals surface area contributed by atoms with Gasteiger partial charge in [0.2, 0.25) is 0 Å². The number of H-pyrrole nitrogens is 1. The molecule has 0 bridgehead atoms. The molecule has 0 radical (unpaired) electrons. The van der Waals surface area contributed by atoms with Crippen LogP contribution in [-0.4, -0.2) is 4.98 Å². The lowest BCUT2D eigenvalue weighted by molar-refractivity contribution is 1.54. The van der Waals surface area contributed by atoms with E-state index in [1.54, 1.807) is 0 Å². The number of aromatic amines is 1. The van der Waals surface area contributed by atoms with E-state index in [1.807, 2.05) is 18.2 Å². The quantitative estimate of drug-likeness (QED) is 0.301. The van der Waals surface area contributed by atoms with Crippen molar-refractivity contribution in [3.05, 3.63) is 108 Å². The zero-order valence-corrected chi connectivity index (χ0v) is 15.8. The molecular formula is C24H18BrN. The Hall–Kier alpha value is -2.84. The summed E-state index contributed by atoms with van der Waals surface area (Å²) in [5.74, 6) is 0. The number of benzene rings is 4. The molecule has 1 aromatic heterocycles. The summed E-state index contributed by atoms with van der Waals surface area (Å²) < 4.78 is 1.12. The number of rotatable bonds is 1. The first kappa shape index (κ1) is 16.6. The van der Waals surface area contributed by atoms with Crippen molar-refractivity contribution in [2.45, 2.75) is 0 Å². The van der Waals surface area contributed by atoms with Gasteiger partial charge in [0.25, 0.3) is 0 Å². The Morgan fingerprint density at radius 1 is 0.500 bits per heavy atom. The fraction of sp³-hybridized carbons (Fsp3) is 0. The van der Waals surface area contributed by atoms with E-state index in [-0.39, 0.29) is 0 Å². The fourth-order valence-electron chi connectivity index (χ4n) is 3.08. The van der Waals surface area contributed by atoms with Crippen LogP contribution in [0.4, 0.5) is 0 Å². The first-order valence-electron chi connectivity index (χ1n) is 8.58. The Kier molecular flexibility index (Phi) is 4.85. The topological polar surface area (TPSA) is 15.8 Å². The second kappa shape index (κ2) is 7.59. The molecule has 5 rings (SSSR count). The molecule has 0 aliphatic rings. The molecule has 0 spiro atoms.